The topological polar surface area (TPSA) is 170 Å². The molecule has 0 radical (unpaired) electrons. The predicted octanol–water partition coefficient (Wildman–Crippen LogP) is 0.425. The van der Waals surface area contributed by atoms with Crippen molar-refractivity contribution in [2.45, 2.75) is 65.3 Å². The molecule has 1 heterocycles. The molecule has 196 valence electrons. The lowest BCUT2D eigenvalue weighted by molar-refractivity contribution is -0.263. The second-order valence-corrected chi connectivity index (χ2v) is 7.72. The summed E-state index contributed by atoms with van der Waals surface area (Å²) in [5.41, 5.74) is -0.138. The van der Waals surface area contributed by atoms with Crippen molar-refractivity contribution in [2.24, 2.45) is 0 Å². The molecule has 1 N–H and O–H groups in total. The van der Waals surface area contributed by atoms with E-state index in [1.807, 2.05) is 0 Å². The van der Waals surface area contributed by atoms with Crippen LogP contribution in [0, 0.1) is 0 Å². The minimum Gasteiger partial charge on any atom is -0.463 e. The van der Waals surface area contributed by atoms with E-state index < -0.39 is 73.0 Å². The normalized spacial score (nSPS) is 23.0. The molecular formula is C23H27NO12. The van der Waals surface area contributed by atoms with Crippen molar-refractivity contribution in [1.29, 1.82) is 0 Å². The first-order valence-corrected chi connectivity index (χ1v) is 10.8. The molecule has 0 aliphatic carbocycles. The summed E-state index contributed by atoms with van der Waals surface area (Å²) >= 11 is 0. The Bertz CT molecular complexity index is 1020. The van der Waals surface area contributed by atoms with Gasteiger partial charge in [-0.2, -0.15) is 0 Å². The van der Waals surface area contributed by atoms with Crippen molar-refractivity contribution in [2.75, 3.05) is 6.61 Å². The Morgan fingerprint density at radius 3 is 1.97 bits per heavy atom. The summed E-state index contributed by atoms with van der Waals surface area (Å²) in [7, 11) is 0. The maximum Gasteiger partial charge on any atom is 0.344 e. The minimum absolute atomic E-state index is 0.0901. The van der Waals surface area contributed by atoms with Crippen molar-refractivity contribution in [3.05, 3.63) is 29.8 Å². The molecule has 1 fully saturated rings. The lowest BCUT2D eigenvalue weighted by atomic mass is 9.96. The zero-order chi connectivity index (χ0) is 27.0. The number of amides is 1. The third-order valence-electron chi connectivity index (χ3n) is 4.66. The third-order valence-corrected chi connectivity index (χ3v) is 4.66. The molecule has 1 aliphatic heterocycles. The first-order chi connectivity index (χ1) is 16.9. The van der Waals surface area contributed by atoms with Gasteiger partial charge in [0, 0.05) is 34.6 Å². The number of hydrogen-bond acceptors (Lipinski definition) is 12. The summed E-state index contributed by atoms with van der Waals surface area (Å²) in [4.78, 5) is 71.5. The Kier molecular flexibility index (Phi) is 9.91. The maximum atomic E-state index is 13.0. The Morgan fingerprint density at radius 2 is 1.42 bits per heavy atom. The van der Waals surface area contributed by atoms with Gasteiger partial charge in [-0.3, -0.25) is 24.0 Å². The van der Waals surface area contributed by atoms with Crippen LogP contribution in [0.3, 0.4) is 0 Å². The van der Waals surface area contributed by atoms with Gasteiger partial charge in [0.2, 0.25) is 12.2 Å². The van der Waals surface area contributed by atoms with Crippen LogP contribution in [0.15, 0.2) is 24.3 Å². The largest absolute Gasteiger partial charge is 0.463 e. The highest BCUT2D eigenvalue weighted by Crippen LogP contribution is 2.29. The zero-order valence-corrected chi connectivity index (χ0v) is 20.3. The average Bonchev–Trinajstić information content (AvgIpc) is 2.75. The number of hydrogen-bond donors (Lipinski definition) is 1. The molecule has 1 saturated heterocycles. The van der Waals surface area contributed by atoms with Gasteiger partial charge in [-0.1, -0.05) is 12.1 Å². The van der Waals surface area contributed by atoms with Crippen molar-refractivity contribution in [1.82, 2.24) is 5.32 Å². The summed E-state index contributed by atoms with van der Waals surface area (Å²) < 4.78 is 31.9. The van der Waals surface area contributed by atoms with E-state index >= 15 is 0 Å². The van der Waals surface area contributed by atoms with Gasteiger partial charge in [0.25, 0.3) is 0 Å². The first kappa shape index (κ1) is 28.2. The van der Waals surface area contributed by atoms with Crippen LogP contribution >= 0.6 is 0 Å². The molecule has 0 saturated carbocycles. The Balaban J connectivity index is 2.48. The monoisotopic (exact) mass is 509 g/mol. The van der Waals surface area contributed by atoms with E-state index in [4.69, 9.17) is 28.4 Å². The van der Waals surface area contributed by atoms with Crippen molar-refractivity contribution >= 4 is 35.8 Å². The molecule has 0 aromatic heterocycles. The molecule has 1 amide bonds. The van der Waals surface area contributed by atoms with E-state index in [-0.39, 0.29) is 11.3 Å². The van der Waals surface area contributed by atoms with Gasteiger partial charge in [-0.05, 0) is 12.1 Å². The van der Waals surface area contributed by atoms with E-state index in [0.717, 1.165) is 34.6 Å². The smallest absolute Gasteiger partial charge is 0.344 e. The lowest BCUT2D eigenvalue weighted by Crippen LogP contribution is -2.66. The standard InChI is InChI=1S/C23H27NO12/c1-11(25)24-19-21(34-15(5)29)20(33-14(4)28)18(10-31-12(2)26)35-23(19)36-22(30)16-8-6-7-9-17(16)32-13(3)27/h6-9,18-21,23H,10H2,1-5H3,(H,24,25)/t18-,19+,20-,21+,23+/m1/s1. The first-order valence-electron chi connectivity index (χ1n) is 10.8. The van der Waals surface area contributed by atoms with Gasteiger partial charge in [0.05, 0.1) is 0 Å². The van der Waals surface area contributed by atoms with Gasteiger partial charge in [-0.25, -0.2) is 4.79 Å². The molecule has 0 spiro atoms. The SMILES string of the molecule is CC(=O)N[C@@H]1[C@H](OC(=O)c2ccccc2OC(C)=O)O[C@H](COC(C)=O)[C@@H](OC(C)=O)[C@H]1OC(C)=O. The van der Waals surface area contributed by atoms with Crippen LogP contribution in [-0.2, 0) is 47.7 Å². The zero-order valence-electron chi connectivity index (χ0n) is 20.3. The Labute approximate surface area is 206 Å². The maximum absolute atomic E-state index is 13.0. The number of para-hydroxylation sites is 1. The van der Waals surface area contributed by atoms with Crippen LogP contribution in [0.4, 0.5) is 0 Å². The highest BCUT2D eigenvalue weighted by molar-refractivity contribution is 5.93. The lowest BCUT2D eigenvalue weighted by Gasteiger charge is -2.44. The molecule has 1 aliphatic rings. The van der Waals surface area contributed by atoms with E-state index in [9.17, 15) is 28.8 Å². The second kappa shape index (κ2) is 12.6. The van der Waals surface area contributed by atoms with Crippen LogP contribution in [0.25, 0.3) is 0 Å². The van der Waals surface area contributed by atoms with Gasteiger partial charge in [-0.15, -0.1) is 0 Å². The highest BCUT2D eigenvalue weighted by atomic mass is 16.7. The average molecular weight is 509 g/mol. The van der Waals surface area contributed by atoms with Crippen molar-refractivity contribution in [3.63, 3.8) is 0 Å². The van der Waals surface area contributed by atoms with Crippen LogP contribution in [0.2, 0.25) is 0 Å². The van der Waals surface area contributed by atoms with Gasteiger partial charge in [0.15, 0.2) is 12.2 Å². The van der Waals surface area contributed by atoms with Gasteiger partial charge < -0.3 is 33.7 Å². The minimum atomic E-state index is -1.61. The molecule has 13 heteroatoms. The molecule has 1 aromatic carbocycles. The van der Waals surface area contributed by atoms with Crippen LogP contribution < -0.4 is 10.1 Å². The number of nitrogens with one attached hydrogen (secondary N) is 1. The summed E-state index contributed by atoms with van der Waals surface area (Å²) in [6.45, 7) is 5.16. The van der Waals surface area contributed by atoms with E-state index in [0.29, 0.717) is 0 Å². The summed E-state index contributed by atoms with van der Waals surface area (Å²) in [5, 5.41) is 2.48. The predicted molar refractivity (Wildman–Crippen MR) is 117 cm³/mol. The number of ether oxygens (including phenoxy) is 6. The number of benzene rings is 1. The Morgan fingerprint density at radius 1 is 0.806 bits per heavy atom. The van der Waals surface area contributed by atoms with Crippen LogP contribution in [0.5, 0.6) is 5.75 Å². The van der Waals surface area contributed by atoms with Gasteiger partial charge in [0.1, 0.15) is 30.1 Å². The fraction of sp³-hybridized carbons (Fsp3) is 0.478. The van der Waals surface area contributed by atoms with E-state index in [1.54, 1.807) is 0 Å². The molecule has 2 rings (SSSR count). The number of esters is 5. The third kappa shape index (κ3) is 8.05. The van der Waals surface area contributed by atoms with Crippen LogP contribution in [0.1, 0.15) is 45.0 Å². The van der Waals surface area contributed by atoms with Crippen molar-refractivity contribution in [3.8, 4) is 5.75 Å². The fourth-order valence-electron chi connectivity index (χ4n) is 3.44. The van der Waals surface area contributed by atoms with Crippen molar-refractivity contribution < 1.29 is 57.2 Å². The number of rotatable bonds is 8. The van der Waals surface area contributed by atoms with Crippen LogP contribution in [-0.4, -0.2) is 73.0 Å². The molecule has 0 bridgehead atoms. The highest BCUT2D eigenvalue weighted by Gasteiger charge is 2.52. The summed E-state index contributed by atoms with van der Waals surface area (Å²) in [6.07, 6.45) is -5.60. The molecule has 13 nitrogen and oxygen atoms in total. The van der Waals surface area contributed by atoms with E-state index in [2.05, 4.69) is 5.32 Å². The molecule has 36 heavy (non-hydrogen) atoms. The fourth-order valence-corrected chi connectivity index (χ4v) is 3.44. The van der Waals surface area contributed by atoms with E-state index in [1.165, 1.54) is 24.3 Å². The summed E-state index contributed by atoms with van der Waals surface area (Å²) in [6, 6.07) is 4.39. The second-order valence-electron chi connectivity index (χ2n) is 7.72. The quantitative estimate of drug-likeness (QED) is 0.292. The molecule has 5 atom stereocenters. The molecular weight excluding hydrogens is 482 g/mol. The molecule has 1 aromatic rings. The molecule has 0 unspecified atom stereocenters. The summed E-state index contributed by atoms with van der Waals surface area (Å²) in [5.74, 6) is -4.65. The number of carbonyl (C=O) groups is 6. The number of carbonyl (C=O) groups excluding carboxylic acids is 6. The Hall–Kier alpha value is -4.00. The van der Waals surface area contributed by atoms with Gasteiger partial charge >= 0.3 is 29.8 Å².